The third-order valence-corrected chi connectivity index (χ3v) is 2.54. The van der Waals surface area contributed by atoms with Gasteiger partial charge in [-0.15, -0.1) is 0 Å². The molecular weight excluding hydrogens is 268 g/mol. The number of halogens is 1. The van der Waals surface area contributed by atoms with Crippen LogP contribution in [0.15, 0.2) is 40.1 Å². The van der Waals surface area contributed by atoms with Crippen molar-refractivity contribution in [1.29, 1.82) is 0 Å². The third-order valence-electron chi connectivity index (χ3n) is 2.07. The Morgan fingerprint density at radius 2 is 2.31 bits per heavy atom. The van der Waals surface area contributed by atoms with Crippen molar-refractivity contribution in [3.63, 3.8) is 0 Å². The minimum Gasteiger partial charge on any atom is -0.391 e. The fourth-order valence-corrected chi connectivity index (χ4v) is 1.19. The Kier molecular flexibility index (Phi) is 5.19. The molecule has 0 saturated heterocycles. The van der Waals surface area contributed by atoms with Gasteiger partial charge in [-0.25, -0.2) is 0 Å². The zero-order valence-electron chi connectivity index (χ0n) is 9.53. The molecule has 1 aromatic heterocycles. The summed E-state index contributed by atoms with van der Waals surface area (Å²) >= 11 is 3.33. The Labute approximate surface area is 104 Å². The maximum absolute atomic E-state index is 5.17. The Bertz CT molecular complexity index is 385. The minimum absolute atomic E-state index is 0.463. The van der Waals surface area contributed by atoms with Crippen molar-refractivity contribution in [1.82, 2.24) is 4.98 Å². The lowest BCUT2D eigenvalue weighted by Gasteiger charge is -2.02. The van der Waals surface area contributed by atoms with Crippen LogP contribution in [-0.2, 0) is 4.84 Å². The average molecular weight is 283 g/mol. The molecule has 4 heteroatoms. The predicted octanol–water partition coefficient (Wildman–Crippen LogP) is 3.55. The van der Waals surface area contributed by atoms with Crippen molar-refractivity contribution in [2.75, 3.05) is 6.61 Å². The quantitative estimate of drug-likeness (QED) is 0.470. The molecule has 1 rings (SSSR count). The Morgan fingerprint density at radius 1 is 1.56 bits per heavy atom. The van der Waals surface area contributed by atoms with Gasteiger partial charge in [-0.1, -0.05) is 18.7 Å². The van der Waals surface area contributed by atoms with Crippen molar-refractivity contribution < 1.29 is 4.84 Å². The lowest BCUT2D eigenvalue weighted by molar-refractivity contribution is 0.166. The van der Waals surface area contributed by atoms with Gasteiger partial charge in [0.1, 0.15) is 12.3 Å². The summed E-state index contributed by atoms with van der Waals surface area (Å²) in [5, 5.41) is 3.99. The fourth-order valence-electron chi connectivity index (χ4n) is 0.959. The second-order valence-electron chi connectivity index (χ2n) is 3.42. The zero-order chi connectivity index (χ0) is 12.0. The van der Waals surface area contributed by atoms with Crippen molar-refractivity contribution in [2.45, 2.75) is 20.3 Å². The molecule has 3 nitrogen and oxygen atoms in total. The lowest BCUT2D eigenvalue weighted by Crippen LogP contribution is -2.00. The van der Waals surface area contributed by atoms with E-state index in [1.807, 2.05) is 26.0 Å². The topological polar surface area (TPSA) is 34.5 Å². The van der Waals surface area contributed by atoms with E-state index in [4.69, 9.17) is 4.84 Å². The molecule has 0 spiro atoms. The van der Waals surface area contributed by atoms with Gasteiger partial charge in [-0.2, -0.15) is 0 Å². The second kappa shape index (κ2) is 6.43. The monoisotopic (exact) mass is 282 g/mol. The van der Waals surface area contributed by atoms with Gasteiger partial charge < -0.3 is 4.84 Å². The van der Waals surface area contributed by atoms with E-state index in [1.165, 1.54) is 0 Å². The smallest absolute Gasteiger partial charge is 0.138 e. The van der Waals surface area contributed by atoms with Crippen molar-refractivity contribution >= 4 is 21.6 Å². The summed E-state index contributed by atoms with van der Waals surface area (Å²) in [6.07, 6.45) is 2.64. The first-order valence-electron chi connectivity index (χ1n) is 5.08. The largest absolute Gasteiger partial charge is 0.391 e. The van der Waals surface area contributed by atoms with Crippen LogP contribution in [0.3, 0.4) is 0 Å². The van der Waals surface area contributed by atoms with Gasteiger partial charge in [0.25, 0.3) is 0 Å². The van der Waals surface area contributed by atoms with Gasteiger partial charge in [0.05, 0.1) is 5.69 Å². The standard InChI is InChI=1S/C12H15BrN2O/c1-4-9(2)8-16-15-10(3)12-6-5-11(13)7-14-12/h5-7H,2,4,8H2,1,3H3/b15-10+. The van der Waals surface area contributed by atoms with Crippen molar-refractivity contribution in [3.8, 4) is 0 Å². The summed E-state index contributed by atoms with van der Waals surface area (Å²) in [5.41, 5.74) is 2.60. The molecule has 0 bridgehead atoms. The Morgan fingerprint density at radius 3 is 2.88 bits per heavy atom. The van der Waals surface area contributed by atoms with Crippen molar-refractivity contribution in [3.05, 3.63) is 40.6 Å². The number of pyridine rings is 1. The normalized spacial score (nSPS) is 11.3. The average Bonchev–Trinajstić information content (AvgIpc) is 2.29. The van der Waals surface area contributed by atoms with Crippen LogP contribution in [0.4, 0.5) is 0 Å². The van der Waals surface area contributed by atoms with Gasteiger partial charge in [-0.3, -0.25) is 4.98 Å². The third kappa shape index (κ3) is 4.14. The molecular formula is C12H15BrN2O. The van der Waals surface area contributed by atoms with E-state index in [0.717, 1.165) is 27.9 Å². The van der Waals surface area contributed by atoms with E-state index in [9.17, 15) is 0 Å². The molecule has 16 heavy (non-hydrogen) atoms. The molecule has 0 aliphatic rings. The SMILES string of the molecule is C=C(CC)CO/N=C(\C)c1ccc(Br)cn1. The van der Waals surface area contributed by atoms with Gasteiger partial charge in [-0.05, 0) is 47.0 Å². The van der Waals surface area contributed by atoms with E-state index in [2.05, 4.69) is 32.6 Å². The zero-order valence-corrected chi connectivity index (χ0v) is 11.1. The fraction of sp³-hybridized carbons (Fsp3) is 0.333. The van der Waals surface area contributed by atoms with E-state index in [1.54, 1.807) is 6.20 Å². The molecule has 0 amide bonds. The van der Waals surface area contributed by atoms with E-state index in [0.29, 0.717) is 6.61 Å². The number of rotatable bonds is 5. The van der Waals surface area contributed by atoms with Crippen LogP contribution in [-0.4, -0.2) is 17.3 Å². The van der Waals surface area contributed by atoms with Crippen LogP contribution in [0.1, 0.15) is 26.0 Å². The van der Waals surface area contributed by atoms with E-state index < -0.39 is 0 Å². The molecule has 0 radical (unpaired) electrons. The number of nitrogens with zero attached hydrogens (tertiary/aromatic N) is 2. The molecule has 0 N–H and O–H groups in total. The molecule has 0 atom stereocenters. The number of hydrogen-bond donors (Lipinski definition) is 0. The molecule has 86 valence electrons. The van der Waals surface area contributed by atoms with Crippen LogP contribution in [0.25, 0.3) is 0 Å². The first-order chi connectivity index (χ1) is 7.63. The molecule has 1 aromatic rings. The minimum atomic E-state index is 0.463. The number of hydrogen-bond acceptors (Lipinski definition) is 3. The molecule has 0 saturated carbocycles. The first-order valence-corrected chi connectivity index (χ1v) is 5.88. The highest BCUT2D eigenvalue weighted by molar-refractivity contribution is 9.10. The molecule has 0 aliphatic carbocycles. The second-order valence-corrected chi connectivity index (χ2v) is 4.33. The number of oxime groups is 1. The molecule has 0 fully saturated rings. The van der Waals surface area contributed by atoms with Crippen LogP contribution in [0.5, 0.6) is 0 Å². The maximum Gasteiger partial charge on any atom is 0.138 e. The summed E-state index contributed by atoms with van der Waals surface area (Å²) < 4.78 is 0.948. The maximum atomic E-state index is 5.17. The van der Waals surface area contributed by atoms with Crippen LogP contribution in [0, 0.1) is 0 Å². The van der Waals surface area contributed by atoms with E-state index in [-0.39, 0.29) is 0 Å². The summed E-state index contributed by atoms with van der Waals surface area (Å²) in [4.78, 5) is 9.39. The Hall–Kier alpha value is -1.16. The van der Waals surface area contributed by atoms with Gasteiger partial charge in [0, 0.05) is 10.7 Å². The lowest BCUT2D eigenvalue weighted by atomic mass is 10.2. The number of aromatic nitrogens is 1. The van der Waals surface area contributed by atoms with Crippen LogP contribution < -0.4 is 0 Å². The van der Waals surface area contributed by atoms with Gasteiger partial charge in [0.15, 0.2) is 0 Å². The molecule has 0 aliphatic heterocycles. The highest BCUT2D eigenvalue weighted by atomic mass is 79.9. The highest BCUT2D eigenvalue weighted by Crippen LogP contribution is 2.08. The predicted molar refractivity (Wildman–Crippen MR) is 69.5 cm³/mol. The van der Waals surface area contributed by atoms with Gasteiger partial charge in [0.2, 0.25) is 0 Å². The van der Waals surface area contributed by atoms with Crippen LogP contribution in [0.2, 0.25) is 0 Å². The van der Waals surface area contributed by atoms with Gasteiger partial charge >= 0.3 is 0 Å². The summed E-state index contributed by atoms with van der Waals surface area (Å²) in [7, 11) is 0. The van der Waals surface area contributed by atoms with E-state index >= 15 is 0 Å². The highest BCUT2D eigenvalue weighted by Gasteiger charge is 1.99. The van der Waals surface area contributed by atoms with Crippen LogP contribution >= 0.6 is 15.9 Å². The summed E-state index contributed by atoms with van der Waals surface area (Å²) in [5.74, 6) is 0. The first kappa shape index (κ1) is 12.9. The Balaban J connectivity index is 2.56. The molecule has 1 heterocycles. The molecule has 0 unspecified atom stereocenters. The summed E-state index contributed by atoms with van der Waals surface area (Å²) in [6, 6.07) is 3.81. The summed E-state index contributed by atoms with van der Waals surface area (Å²) in [6.45, 7) is 8.21. The van der Waals surface area contributed by atoms with Crippen molar-refractivity contribution in [2.24, 2.45) is 5.16 Å². The molecule has 0 aromatic carbocycles.